The smallest absolute Gasteiger partial charge is 0.364 e. The van der Waals surface area contributed by atoms with E-state index in [1.165, 1.54) is 116 Å². The van der Waals surface area contributed by atoms with Gasteiger partial charge in [0.2, 0.25) is 11.8 Å². The van der Waals surface area contributed by atoms with Crippen LogP contribution in [0.2, 0.25) is 0 Å². The quantitative estimate of drug-likeness (QED) is 0.0236. The molecule has 0 bridgehead atoms. The number of nitrogens with one attached hydrogen (secondary N) is 2. The highest BCUT2D eigenvalue weighted by Crippen LogP contribution is 2.38. The van der Waals surface area contributed by atoms with Crippen LogP contribution in [-0.2, 0) is 42.8 Å². The third-order valence-electron chi connectivity index (χ3n) is 16.0. The number of aliphatic hydroxyl groups is 11. The van der Waals surface area contributed by atoms with Crippen molar-refractivity contribution < 1.29 is 104 Å². The molecule has 0 aromatic carbocycles. The lowest BCUT2D eigenvalue weighted by atomic mass is 9.88. The molecule has 3 rings (SSSR count). The number of rotatable bonds is 46. The van der Waals surface area contributed by atoms with Gasteiger partial charge in [0, 0.05) is 12.8 Å². The van der Waals surface area contributed by atoms with Gasteiger partial charge in [-0.1, -0.05) is 180 Å². The van der Waals surface area contributed by atoms with Gasteiger partial charge in [-0.15, -0.1) is 11.6 Å². The number of carbonyl (C=O) groups is 3. The minimum atomic E-state index is -3.11. The van der Waals surface area contributed by atoms with Gasteiger partial charge in [0.05, 0.1) is 50.7 Å². The normalized spacial score (nSPS) is 30.0. The number of unbranched alkanes of at least 4 members (excludes halogenated alkanes) is 25. The maximum absolute atomic E-state index is 13.4. The summed E-state index contributed by atoms with van der Waals surface area (Å²) in [6.45, 7) is 1.00. The minimum Gasteiger partial charge on any atom is -0.477 e. The monoisotopic (exact) mass is 1210 g/mol. The van der Waals surface area contributed by atoms with Crippen molar-refractivity contribution in [1.82, 2.24) is 10.6 Å². The number of aliphatic hydroxyl groups excluding tert-OH is 11. The summed E-state index contributed by atoms with van der Waals surface area (Å²) in [4.78, 5) is 38.7. The van der Waals surface area contributed by atoms with E-state index in [-0.39, 0.29) is 12.3 Å². The first-order valence-corrected chi connectivity index (χ1v) is 31.7. The fraction of sp³-hybridized carbons (Fsp3) is 0.915. The van der Waals surface area contributed by atoms with Crippen LogP contribution in [0.3, 0.4) is 0 Å². The van der Waals surface area contributed by atoms with Crippen molar-refractivity contribution in [2.45, 2.75) is 310 Å². The van der Waals surface area contributed by atoms with E-state index < -0.39 is 160 Å². The molecule has 0 unspecified atom stereocenters. The predicted octanol–water partition coefficient (Wildman–Crippen LogP) is 3.38. The number of halogens is 1. The summed E-state index contributed by atoms with van der Waals surface area (Å²) in [5, 5.41) is 136. The number of aliphatic carboxylic acids is 1. The van der Waals surface area contributed by atoms with Crippen molar-refractivity contribution in [3.05, 3.63) is 12.2 Å². The number of alkyl halides is 1. The van der Waals surface area contributed by atoms with Crippen molar-refractivity contribution in [2.75, 3.05) is 32.3 Å². The highest BCUT2D eigenvalue weighted by molar-refractivity contribution is 6.27. The van der Waals surface area contributed by atoms with Gasteiger partial charge in [-0.3, -0.25) is 9.59 Å². The molecule has 18 atom stereocenters. The molecule has 0 aromatic rings. The summed E-state index contributed by atoms with van der Waals surface area (Å²) in [5.74, 6) is -7.00. The first-order chi connectivity index (χ1) is 39.9. The molecule has 3 aliphatic rings. The third-order valence-corrected chi connectivity index (χ3v) is 16.3. The second kappa shape index (κ2) is 42.6. The largest absolute Gasteiger partial charge is 0.477 e. The number of carbonyl (C=O) groups excluding carboxylic acids is 2. The van der Waals surface area contributed by atoms with Gasteiger partial charge in [0.25, 0.3) is 5.79 Å². The lowest BCUT2D eigenvalue weighted by Gasteiger charge is -2.50. The number of carboxylic acid groups (broad SMARTS) is 1. The fourth-order valence-electron chi connectivity index (χ4n) is 10.9. The zero-order valence-electron chi connectivity index (χ0n) is 49.4. The van der Waals surface area contributed by atoms with Gasteiger partial charge in [0.1, 0.15) is 73.0 Å². The second-order valence-electron chi connectivity index (χ2n) is 22.9. The Kier molecular flexibility index (Phi) is 38.5. The average Bonchev–Trinajstić information content (AvgIpc) is 3.19. The van der Waals surface area contributed by atoms with Crippen LogP contribution in [0.25, 0.3) is 0 Å². The summed E-state index contributed by atoms with van der Waals surface area (Å²) >= 11 is 5.61. The predicted molar refractivity (Wildman–Crippen MR) is 307 cm³/mol. The maximum atomic E-state index is 13.4. The first kappa shape index (κ1) is 75.0. The molecule has 3 saturated heterocycles. The Morgan fingerprint density at radius 2 is 1.14 bits per heavy atom. The van der Waals surface area contributed by atoms with E-state index in [1.807, 2.05) is 6.08 Å². The second-order valence-corrected chi connectivity index (χ2v) is 23.2. The molecule has 23 nitrogen and oxygen atoms in total. The standard InChI is InChI=1S/C59H107ClN2O21/c1-3-5-7-9-11-13-15-17-18-20-22-24-26-28-30-32-45(69)61-39(40(66)31-29-27-25-23-21-19-16-14-12-10-8-6-4-2)38-78-56-51(74)50(73)53(44(37-65)80-56)81-57-52(75)55(49(72)43(36-64)79-57)83-59(58(76)77)33-41(67)47(62-46(70)34-60)54(82-59)48(71)42(68)35-63/h29,31,39-44,47-57,63-68,71-75H,3-28,30,32-38H2,1-2H3,(H,61,69)(H,62,70)(H,76,77)/b31-29+/t39-,40+,41-,42+,43+,44+,47+,48-,49-,50+,51+,52+,53+,54+,55-,56+,57-,59-/m0/s1. The van der Waals surface area contributed by atoms with E-state index in [2.05, 4.69) is 24.5 Å². The average molecular weight is 1220 g/mol. The Hall–Kier alpha value is -2.24. The fourth-order valence-corrected chi connectivity index (χ4v) is 11.0. The van der Waals surface area contributed by atoms with Crippen LogP contribution in [0, 0.1) is 0 Å². The molecule has 0 radical (unpaired) electrons. The van der Waals surface area contributed by atoms with Crippen molar-refractivity contribution >= 4 is 29.4 Å². The molecule has 83 heavy (non-hydrogen) atoms. The number of ether oxygens (including phenoxy) is 6. The summed E-state index contributed by atoms with van der Waals surface area (Å²) < 4.78 is 34.7. The van der Waals surface area contributed by atoms with Crippen molar-refractivity contribution in [2.24, 2.45) is 0 Å². The van der Waals surface area contributed by atoms with Crippen molar-refractivity contribution in [3.8, 4) is 0 Å². The van der Waals surface area contributed by atoms with E-state index in [1.54, 1.807) is 6.08 Å². The van der Waals surface area contributed by atoms with Crippen LogP contribution in [0.1, 0.15) is 200 Å². The van der Waals surface area contributed by atoms with Crippen LogP contribution >= 0.6 is 11.6 Å². The molecule has 3 heterocycles. The summed E-state index contributed by atoms with van der Waals surface area (Å²) in [6.07, 6.45) is 5.16. The third kappa shape index (κ3) is 26.2. The molecule has 0 aliphatic carbocycles. The number of allylic oxidation sites excluding steroid dienone is 1. The van der Waals surface area contributed by atoms with Crippen molar-refractivity contribution in [1.29, 1.82) is 0 Å². The van der Waals surface area contributed by atoms with E-state index in [0.29, 0.717) is 12.8 Å². The number of amides is 2. The van der Waals surface area contributed by atoms with Gasteiger partial charge in [-0.2, -0.15) is 0 Å². The van der Waals surface area contributed by atoms with Crippen LogP contribution < -0.4 is 10.6 Å². The van der Waals surface area contributed by atoms with E-state index in [4.69, 9.17) is 40.0 Å². The lowest BCUT2D eigenvalue weighted by Crippen LogP contribution is -2.71. The molecule has 486 valence electrons. The Morgan fingerprint density at radius 1 is 0.639 bits per heavy atom. The van der Waals surface area contributed by atoms with Gasteiger partial charge in [0.15, 0.2) is 12.6 Å². The van der Waals surface area contributed by atoms with Crippen LogP contribution in [0.4, 0.5) is 0 Å². The molecule has 3 aliphatic heterocycles. The molecular weight excluding hydrogens is 1110 g/mol. The molecule has 0 spiro atoms. The SMILES string of the molecule is CCCCCCCCCCCCC/C=C/[C@@H](O)[C@H](CO[C@@H]1O[C@H](CO)[C@@H](O[C@@H]2O[C@H](CO)[C@H](O)[C@H](O[C@]3(C(=O)O)C[C@H](O)[C@@H](NC(=O)CCl)[C@H]([C@@H](O)[C@H](O)CO)O3)[C@H]2O)[C@H](O)[C@H]1O)NC(=O)CCCCCCCCCCCCCCCCC. The Morgan fingerprint density at radius 3 is 1.64 bits per heavy atom. The molecule has 3 fully saturated rings. The van der Waals surface area contributed by atoms with Crippen LogP contribution in [-0.4, -0.2) is 221 Å². The van der Waals surface area contributed by atoms with Crippen LogP contribution in [0.5, 0.6) is 0 Å². The molecule has 14 N–H and O–H groups in total. The van der Waals surface area contributed by atoms with Gasteiger partial charge in [-0.25, -0.2) is 4.79 Å². The first-order valence-electron chi connectivity index (χ1n) is 31.2. The summed E-state index contributed by atoms with van der Waals surface area (Å²) in [7, 11) is 0. The van der Waals surface area contributed by atoms with E-state index in [0.717, 1.165) is 44.9 Å². The molecule has 0 saturated carbocycles. The minimum absolute atomic E-state index is 0.200. The van der Waals surface area contributed by atoms with Gasteiger partial charge in [-0.05, 0) is 19.3 Å². The zero-order chi connectivity index (χ0) is 61.2. The lowest BCUT2D eigenvalue weighted by molar-refractivity contribution is -0.386. The van der Waals surface area contributed by atoms with Crippen molar-refractivity contribution in [3.63, 3.8) is 0 Å². The topological polar surface area (TPSA) is 373 Å². The van der Waals surface area contributed by atoms with E-state index in [9.17, 15) is 75.7 Å². The summed E-state index contributed by atoms with van der Waals surface area (Å²) in [6, 6.07) is -2.70. The van der Waals surface area contributed by atoms with Gasteiger partial charge >= 0.3 is 5.97 Å². The Labute approximate surface area is 496 Å². The number of hydrogen-bond donors (Lipinski definition) is 14. The Balaban J connectivity index is 1.67. The molecule has 0 aromatic heterocycles. The number of carboxylic acids is 1. The highest BCUT2D eigenvalue weighted by atomic mass is 35.5. The Bertz CT molecular complexity index is 1760. The van der Waals surface area contributed by atoms with Gasteiger partial charge < -0.3 is 100 Å². The van der Waals surface area contributed by atoms with Crippen LogP contribution in [0.15, 0.2) is 12.2 Å². The summed E-state index contributed by atoms with van der Waals surface area (Å²) in [5.41, 5.74) is 0. The highest BCUT2D eigenvalue weighted by Gasteiger charge is 2.60. The molecule has 24 heteroatoms. The zero-order valence-corrected chi connectivity index (χ0v) is 50.2. The molecule has 2 amide bonds. The number of hydrogen-bond acceptors (Lipinski definition) is 20. The maximum Gasteiger partial charge on any atom is 0.364 e. The molecular formula is C59H107ClN2O21. The van der Waals surface area contributed by atoms with E-state index >= 15 is 0 Å².